The summed E-state index contributed by atoms with van der Waals surface area (Å²) in [6.45, 7) is 4.72. The Hall–Kier alpha value is 0.180. The molecule has 0 N–H and O–H groups in total. The predicted molar refractivity (Wildman–Crippen MR) is 62.6 cm³/mol. The van der Waals surface area contributed by atoms with E-state index in [0.717, 1.165) is 5.92 Å². The fourth-order valence-corrected chi connectivity index (χ4v) is 4.12. The smallest absolute Gasteiger partial charge is 0.0227 e. The second-order valence-corrected chi connectivity index (χ2v) is 6.81. The van der Waals surface area contributed by atoms with Crippen LogP contribution in [0.4, 0.5) is 0 Å². The molecule has 0 spiro atoms. The van der Waals surface area contributed by atoms with E-state index in [1.165, 1.54) is 17.7 Å². The van der Waals surface area contributed by atoms with Gasteiger partial charge in [0.05, 0.1) is 0 Å². The van der Waals surface area contributed by atoms with Gasteiger partial charge in [0, 0.05) is 9.70 Å². The Bertz CT molecular complexity index is 276. The number of rotatable bonds is 3. The SMILES string of the molecule is CC1(C)CC1C(Br)Cc1cccs1. The van der Waals surface area contributed by atoms with Crippen molar-refractivity contribution in [3.8, 4) is 0 Å². The molecule has 1 saturated carbocycles. The molecule has 1 aliphatic carbocycles. The van der Waals surface area contributed by atoms with Gasteiger partial charge in [-0.3, -0.25) is 0 Å². The molecule has 0 radical (unpaired) electrons. The second kappa shape index (κ2) is 3.39. The maximum Gasteiger partial charge on any atom is 0.0227 e. The van der Waals surface area contributed by atoms with Crippen LogP contribution in [0.1, 0.15) is 25.1 Å². The number of hydrogen-bond acceptors (Lipinski definition) is 1. The summed E-state index contributed by atoms with van der Waals surface area (Å²) in [5, 5.41) is 2.16. The predicted octanol–water partition coefficient (Wildman–Crippen LogP) is 4.10. The van der Waals surface area contributed by atoms with Gasteiger partial charge in [-0.05, 0) is 35.6 Å². The molecular formula is C11H15BrS. The van der Waals surface area contributed by atoms with Crippen LogP contribution in [0.15, 0.2) is 17.5 Å². The zero-order valence-electron chi connectivity index (χ0n) is 8.09. The van der Waals surface area contributed by atoms with Crippen LogP contribution in [0.5, 0.6) is 0 Å². The molecule has 72 valence electrons. The zero-order valence-corrected chi connectivity index (χ0v) is 10.5. The summed E-state index contributed by atoms with van der Waals surface area (Å²) in [6, 6.07) is 4.37. The van der Waals surface area contributed by atoms with Crippen LogP contribution in [-0.4, -0.2) is 4.83 Å². The molecule has 1 aromatic heterocycles. The van der Waals surface area contributed by atoms with E-state index in [1.54, 1.807) is 0 Å². The largest absolute Gasteiger partial charge is 0.149 e. The Morgan fingerprint density at radius 1 is 1.69 bits per heavy atom. The van der Waals surface area contributed by atoms with E-state index in [1.807, 2.05) is 11.3 Å². The highest BCUT2D eigenvalue weighted by Gasteiger charge is 2.49. The fourth-order valence-electron chi connectivity index (χ4n) is 1.89. The number of alkyl halides is 1. The number of thiophene rings is 1. The molecule has 0 saturated heterocycles. The summed E-state index contributed by atoms with van der Waals surface area (Å²) in [5.41, 5.74) is 0.589. The molecule has 0 aromatic carbocycles. The van der Waals surface area contributed by atoms with Gasteiger partial charge in [-0.2, -0.15) is 0 Å². The zero-order chi connectivity index (χ0) is 9.47. The normalized spacial score (nSPS) is 27.2. The summed E-state index contributed by atoms with van der Waals surface area (Å²) in [7, 11) is 0. The van der Waals surface area contributed by atoms with Crippen LogP contribution in [0.2, 0.25) is 0 Å². The standard InChI is InChI=1S/C11H15BrS/c1-11(2)7-9(11)10(12)6-8-4-3-5-13-8/h3-5,9-10H,6-7H2,1-2H3. The third-order valence-electron chi connectivity index (χ3n) is 3.00. The van der Waals surface area contributed by atoms with E-state index in [4.69, 9.17) is 0 Å². The minimum absolute atomic E-state index is 0.589. The van der Waals surface area contributed by atoms with Crippen molar-refractivity contribution in [1.82, 2.24) is 0 Å². The first-order chi connectivity index (χ1) is 6.09. The minimum Gasteiger partial charge on any atom is -0.149 e. The Kier molecular flexibility index (Phi) is 2.54. The van der Waals surface area contributed by atoms with Gasteiger partial charge in [-0.15, -0.1) is 11.3 Å². The van der Waals surface area contributed by atoms with Gasteiger partial charge in [0.25, 0.3) is 0 Å². The Labute approximate surface area is 92.5 Å². The fraction of sp³-hybridized carbons (Fsp3) is 0.636. The van der Waals surface area contributed by atoms with E-state index in [-0.39, 0.29) is 0 Å². The van der Waals surface area contributed by atoms with Crippen LogP contribution in [0, 0.1) is 11.3 Å². The average Bonchev–Trinajstić information content (AvgIpc) is 2.49. The molecule has 0 bridgehead atoms. The molecule has 1 fully saturated rings. The molecule has 2 rings (SSSR count). The van der Waals surface area contributed by atoms with Crippen molar-refractivity contribution in [2.24, 2.45) is 11.3 Å². The van der Waals surface area contributed by atoms with Gasteiger partial charge < -0.3 is 0 Å². The molecule has 0 aliphatic heterocycles. The summed E-state index contributed by atoms with van der Waals surface area (Å²) >= 11 is 5.67. The second-order valence-electron chi connectivity index (χ2n) is 4.60. The molecule has 13 heavy (non-hydrogen) atoms. The van der Waals surface area contributed by atoms with E-state index in [9.17, 15) is 0 Å². The van der Waals surface area contributed by atoms with Gasteiger partial charge in [-0.25, -0.2) is 0 Å². The molecule has 2 heteroatoms. The Balaban J connectivity index is 1.90. The lowest BCUT2D eigenvalue weighted by Crippen LogP contribution is -2.08. The molecular weight excluding hydrogens is 244 g/mol. The summed E-state index contributed by atoms with van der Waals surface area (Å²) in [6.07, 6.45) is 2.58. The highest BCUT2D eigenvalue weighted by molar-refractivity contribution is 9.09. The van der Waals surface area contributed by atoms with E-state index in [2.05, 4.69) is 47.3 Å². The first-order valence-electron chi connectivity index (χ1n) is 4.76. The van der Waals surface area contributed by atoms with E-state index >= 15 is 0 Å². The monoisotopic (exact) mass is 258 g/mol. The third kappa shape index (κ3) is 2.16. The van der Waals surface area contributed by atoms with Crippen molar-refractivity contribution in [2.75, 3.05) is 0 Å². The van der Waals surface area contributed by atoms with Crippen LogP contribution in [-0.2, 0) is 6.42 Å². The molecule has 1 heterocycles. The van der Waals surface area contributed by atoms with Crippen LogP contribution in [0.3, 0.4) is 0 Å². The summed E-state index contributed by atoms with van der Waals surface area (Å²) < 4.78 is 0. The highest BCUT2D eigenvalue weighted by Crippen LogP contribution is 2.56. The van der Waals surface area contributed by atoms with Gasteiger partial charge in [0.2, 0.25) is 0 Å². The van der Waals surface area contributed by atoms with Gasteiger partial charge in [0.15, 0.2) is 0 Å². The van der Waals surface area contributed by atoms with Crippen molar-refractivity contribution in [3.63, 3.8) is 0 Å². The Morgan fingerprint density at radius 2 is 2.38 bits per heavy atom. The summed E-state index contributed by atoms with van der Waals surface area (Å²) in [5.74, 6) is 0.884. The summed E-state index contributed by atoms with van der Waals surface area (Å²) in [4.78, 5) is 2.19. The minimum atomic E-state index is 0.589. The third-order valence-corrected chi connectivity index (χ3v) is 4.86. The molecule has 2 unspecified atom stereocenters. The number of halogens is 1. The lowest BCUT2D eigenvalue weighted by atomic mass is 10.1. The van der Waals surface area contributed by atoms with Gasteiger partial charge in [-0.1, -0.05) is 35.8 Å². The van der Waals surface area contributed by atoms with Crippen LogP contribution < -0.4 is 0 Å². The first kappa shape index (κ1) is 9.72. The highest BCUT2D eigenvalue weighted by atomic mass is 79.9. The average molecular weight is 259 g/mol. The molecule has 0 nitrogen and oxygen atoms in total. The van der Waals surface area contributed by atoms with Crippen molar-refractivity contribution >= 4 is 27.3 Å². The van der Waals surface area contributed by atoms with Crippen molar-refractivity contribution < 1.29 is 0 Å². The Morgan fingerprint density at radius 3 is 2.85 bits per heavy atom. The van der Waals surface area contributed by atoms with E-state index in [0.29, 0.717) is 10.2 Å². The quantitative estimate of drug-likeness (QED) is 0.717. The van der Waals surface area contributed by atoms with Gasteiger partial charge >= 0.3 is 0 Å². The molecule has 0 amide bonds. The van der Waals surface area contributed by atoms with E-state index < -0.39 is 0 Å². The van der Waals surface area contributed by atoms with Crippen molar-refractivity contribution in [2.45, 2.75) is 31.5 Å². The first-order valence-corrected chi connectivity index (χ1v) is 6.55. The maximum atomic E-state index is 3.81. The number of hydrogen-bond donors (Lipinski definition) is 0. The molecule has 1 aliphatic rings. The topological polar surface area (TPSA) is 0 Å². The van der Waals surface area contributed by atoms with Crippen LogP contribution in [0.25, 0.3) is 0 Å². The van der Waals surface area contributed by atoms with Crippen LogP contribution >= 0.6 is 27.3 Å². The maximum absolute atomic E-state index is 3.81. The lowest BCUT2D eigenvalue weighted by molar-refractivity contribution is 0.547. The molecule has 2 atom stereocenters. The molecule has 1 aromatic rings. The lowest BCUT2D eigenvalue weighted by Gasteiger charge is -2.09. The van der Waals surface area contributed by atoms with Crippen molar-refractivity contribution in [1.29, 1.82) is 0 Å². The van der Waals surface area contributed by atoms with Gasteiger partial charge in [0.1, 0.15) is 0 Å². The van der Waals surface area contributed by atoms with Crippen molar-refractivity contribution in [3.05, 3.63) is 22.4 Å².